The van der Waals surface area contributed by atoms with Crippen molar-refractivity contribution in [2.24, 2.45) is 0 Å². The van der Waals surface area contributed by atoms with Gasteiger partial charge in [0.05, 0.1) is 18.4 Å². The largest absolute Gasteiger partial charge is 0.496 e. The Kier molecular flexibility index (Phi) is 4.87. The highest BCUT2D eigenvalue weighted by atomic mass is 32.2. The molecule has 0 aromatic heterocycles. The number of carbonyl (C=O) groups is 1. The van der Waals surface area contributed by atoms with Crippen molar-refractivity contribution in [1.82, 2.24) is 0 Å². The van der Waals surface area contributed by atoms with Crippen molar-refractivity contribution >= 4 is 17.5 Å². The Bertz CT molecular complexity index is 386. The normalized spacial score (nSPS) is 10.2. The molecule has 0 aliphatic carbocycles. The van der Waals surface area contributed by atoms with Crippen LogP contribution in [0.2, 0.25) is 0 Å². The van der Waals surface area contributed by atoms with Crippen molar-refractivity contribution in [3.8, 4) is 5.75 Å². The van der Waals surface area contributed by atoms with Crippen LogP contribution in [0.4, 0.5) is 0 Å². The summed E-state index contributed by atoms with van der Waals surface area (Å²) < 4.78 is 5.33. The highest BCUT2D eigenvalue weighted by Gasteiger charge is 2.14. The van der Waals surface area contributed by atoms with E-state index in [0.717, 1.165) is 22.6 Å². The monoisotopic (exact) mass is 238 g/mol. The maximum absolute atomic E-state index is 11.9. The average molecular weight is 238 g/mol. The summed E-state index contributed by atoms with van der Waals surface area (Å²) in [5, 5.41) is 0. The lowest BCUT2D eigenvalue weighted by molar-refractivity contribution is 0.101. The van der Waals surface area contributed by atoms with E-state index in [9.17, 15) is 4.79 Å². The summed E-state index contributed by atoms with van der Waals surface area (Å²) in [6.45, 7) is 6.06. The molecule has 2 nitrogen and oxygen atoms in total. The van der Waals surface area contributed by atoms with Gasteiger partial charge in [0.2, 0.25) is 0 Å². The van der Waals surface area contributed by atoms with Crippen LogP contribution >= 0.6 is 11.8 Å². The van der Waals surface area contributed by atoms with Gasteiger partial charge in [-0.15, -0.1) is 0 Å². The lowest BCUT2D eigenvalue weighted by Crippen LogP contribution is -2.07. The second-order valence-electron chi connectivity index (χ2n) is 3.65. The first-order chi connectivity index (χ1) is 7.61. The van der Waals surface area contributed by atoms with Gasteiger partial charge in [0, 0.05) is 0 Å². The Balaban J connectivity index is 3.04. The van der Waals surface area contributed by atoms with Gasteiger partial charge in [0.1, 0.15) is 5.75 Å². The molecular weight excluding hydrogens is 220 g/mol. The summed E-state index contributed by atoms with van der Waals surface area (Å²) in [5.41, 5.74) is 2.90. The van der Waals surface area contributed by atoms with Gasteiger partial charge in [-0.05, 0) is 36.8 Å². The van der Waals surface area contributed by atoms with Crippen LogP contribution in [0.5, 0.6) is 5.75 Å². The fourth-order valence-electron chi connectivity index (χ4n) is 1.55. The van der Waals surface area contributed by atoms with Crippen molar-refractivity contribution < 1.29 is 9.53 Å². The number of hydrogen-bond donors (Lipinski definition) is 0. The molecule has 16 heavy (non-hydrogen) atoms. The first-order valence-corrected chi connectivity index (χ1v) is 6.52. The summed E-state index contributed by atoms with van der Waals surface area (Å²) in [7, 11) is 1.62. The summed E-state index contributed by atoms with van der Waals surface area (Å²) in [4.78, 5) is 11.9. The molecule has 0 spiro atoms. The SMILES string of the molecule is CCSCC(=O)c1ccc(C)c(C)c1OC. The number of aryl methyl sites for hydroxylation is 1. The lowest BCUT2D eigenvalue weighted by Gasteiger charge is -2.12. The smallest absolute Gasteiger partial charge is 0.176 e. The molecule has 1 aromatic carbocycles. The van der Waals surface area contributed by atoms with E-state index in [1.807, 2.05) is 26.0 Å². The summed E-state index contributed by atoms with van der Waals surface area (Å²) in [6.07, 6.45) is 0. The van der Waals surface area contributed by atoms with Gasteiger partial charge in [-0.1, -0.05) is 13.0 Å². The number of methoxy groups -OCH3 is 1. The summed E-state index contributed by atoms with van der Waals surface area (Å²) in [5.74, 6) is 2.35. The van der Waals surface area contributed by atoms with Gasteiger partial charge in [-0.3, -0.25) is 4.79 Å². The van der Waals surface area contributed by atoms with E-state index in [1.165, 1.54) is 0 Å². The Morgan fingerprint density at radius 3 is 2.62 bits per heavy atom. The van der Waals surface area contributed by atoms with Crippen LogP contribution < -0.4 is 4.74 Å². The molecule has 0 unspecified atom stereocenters. The number of carbonyl (C=O) groups excluding carboxylic acids is 1. The molecule has 0 radical (unpaired) electrons. The zero-order chi connectivity index (χ0) is 12.1. The number of Topliss-reactive ketones (excluding diaryl/α,β-unsaturated/α-hetero) is 1. The molecule has 0 atom stereocenters. The second-order valence-corrected chi connectivity index (χ2v) is 4.92. The zero-order valence-electron chi connectivity index (χ0n) is 10.3. The minimum Gasteiger partial charge on any atom is -0.496 e. The van der Waals surface area contributed by atoms with E-state index in [1.54, 1.807) is 18.9 Å². The van der Waals surface area contributed by atoms with Gasteiger partial charge < -0.3 is 4.74 Å². The van der Waals surface area contributed by atoms with Crippen LogP contribution in [0.15, 0.2) is 12.1 Å². The minimum absolute atomic E-state index is 0.145. The van der Waals surface area contributed by atoms with Crippen LogP contribution in [0, 0.1) is 13.8 Å². The third-order valence-electron chi connectivity index (χ3n) is 2.62. The molecule has 0 N–H and O–H groups in total. The highest BCUT2D eigenvalue weighted by molar-refractivity contribution is 7.99. The molecule has 3 heteroatoms. The van der Waals surface area contributed by atoms with E-state index >= 15 is 0 Å². The van der Waals surface area contributed by atoms with Crippen LogP contribution in [0.1, 0.15) is 28.4 Å². The molecule has 0 saturated carbocycles. The van der Waals surface area contributed by atoms with E-state index in [2.05, 4.69) is 6.92 Å². The summed E-state index contributed by atoms with van der Waals surface area (Å²) >= 11 is 1.64. The first kappa shape index (κ1) is 13.1. The molecule has 88 valence electrons. The second kappa shape index (κ2) is 5.94. The molecule has 0 saturated heterocycles. The zero-order valence-corrected chi connectivity index (χ0v) is 11.1. The predicted molar refractivity (Wildman–Crippen MR) is 69.8 cm³/mol. The Hall–Kier alpha value is -0.960. The standard InChI is InChI=1S/C13H18O2S/c1-5-16-8-12(14)11-7-6-9(2)10(3)13(11)15-4/h6-7H,5,8H2,1-4H3. The first-order valence-electron chi connectivity index (χ1n) is 5.37. The number of benzene rings is 1. The van der Waals surface area contributed by atoms with Crippen LogP contribution in [0.3, 0.4) is 0 Å². The van der Waals surface area contributed by atoms with Crippen LogP contribution in [-0.2, 0) is 0 Å². The van der Waals surface area contributed by atoms with Crippen molar-refractivity contribution in [3.05, 3.63) is 28.8 Å². The van der Waals surface area contributed by atoms with Gasteiger partial charge in [-0.2, -0.15) is 11.8 Å². The molecule has 1 aromatic rings. The van der Waals surface area contributed by atoms with Gasteiger partial charge in [0.15, 0.2) is 5.78 Å². The molecule has 0 heterocycles. The summed E-state index contributed by atoms with van der Waals surface area (Å²) in [6, 6.07) is 3.83. The average Bonchev–Trinajstić information content (AvgIpc) is 2.29. The van der Waals surface area contributed by atoms with Crippen molar-refractivity contribution in [2.75, 3.05) is 18.6 Å². The fraction of sp³-hybridized carbons (Fsp3) is 0.462. The van der Waals surface area contributed by atoms with E-state index in [4.69, 9.17) is 4.74 Å². The minimum atomic E-state index is 0.145. The molecule has 0 amide bonds. The molecular formula is C13H18O2S. The molecule has 0 fully saturated rings. The van der Waals surface area contributed by atoms with Gasteiger partial charge in [0.25, 0.3) is 0 Å². The third kappa shape index (κ3) is 2.79. The van der Waals surface area contributed by atoms with Gasteiger partial charge >= 0.3 is 0 Å². The lowest BCUT2D eigenvalue weighted by atomic mass is 10.0. The van der Waals surface area contributed by atoms with E-state index in [0.29, 0.717) is 11.3 Å². The van der Waals surface area contributed by atoms with Crippen molar-refractivity contribution in [3.63, 3.8) is 0 Å². The van der Waals surface area contributed by atoms with Crippen molar-refractivity contribution in [2.45, 2.75) is 20.8 Å². The van der Waals surface area contributed by atoms with Crippen LogP contribution in [0.25, 0.3) is 0 Å². The molecule has 1 rings (SSSR count). The van der Waals surface area contributed by atoms with E-state index < -0.39 is 0 Å². The third-order valence-corrected chi connectivity index (χ3v) is 3.49. The number of hydrogen-bond acceptors (Lipinski definition) is 3. The maximum atomic E-state index is 11.9. The topological polar surface area (TPSA) is 26.3 Å². The van der Waals surface area contributed by atoms with Crippen molar-refractivity contribution in [1.29, 1.82) is 0 Å². The molecule has 0 bridgehead atoms. The van der Waals surface area contributed by atoms with E-state index in [-0.39, 0.29) is 5.78 Å². The molecule has 0 aliphatic rings. The van der Waals surface area contributed by atoms with Gasteiger partial charge in [-0.25, -0.2) is 0 Å². The Morgan fingerprint density at radius 1 is 1.38 bits per heavy atom. The number of ketones is 1. The number of rotatable bonds is 5. The Labute approximate surface area is 101 Å². The number of thioether (sulfide) groups is 1. The fourth-order valence-corrected chi connectivity index (χ4v) is 2.09. The maximum Gasteiger partial charge on any atom is 0.176 e. The molecule has 0 aliphatic heterocycles. The Morgan fingerprint density at radius 2 is 2.06 bits per heavy atom. The quantitative estimate of drug-likeness (QED) is 0.737. The van der Waals surface area contributed by atoms with Crippen LogP contribution in [-0.4, -0.2) is 24.4 Å². The predicted octanol–water partition coefficient (Wildman–Crippen LogP) is 3.25. The highest BCUT2D eigenvalue weighted by Crippen LogP contribution is 2.27. The number of ether oxygens (including phenoxy) is 1.